The van der Waals surface area contributed by atoms with Crippen LogP contribution in [0.25, 0.3) is 0 Å². The molecule has 62 valence electrons. The number of hydrogen-bond acceptors (Lipinski definition) is 2. The minimum Gasteiger partial charge on any atom is -0.481 e. The molecule has 1 saturated heterocycles. The van der Waals surface area contributed by atoms with Gasteiger partial charge in [-0.25, -0.2) is 0 Å². The maximum atomic E-state index is 10.5. The van der Waals surface area contributed by atoms with Gasteiger partial charge in [0.05, 0.1) is 5.92 Å². The van der Waals surface area contributed by atoms with E-state index in [4.69, 9.17) is 5.11 Å². The van der Waals surface area contributed by atoms with Gasteiger partial charge in [-0.05, 0) is 13.3 Å². The van der Waals surface area contributed by atoms with Crippen LogP contribution < -0.4 is 5.32 Å². The number of carboxylic acid groups (broad SMARTS) is 1. The Balaban J connectivity index is 2.53. The molecular weight excluding hydrogens is 142 g/mol. The summed E-state index contributed by atoms with van der Waals surface area (Å²) in [6, 6.07) is 0. The number of piperidine rings is 1. The molecule has 3 heteroatoms. The molecule has 0 spiro atoms. The van der Waals surface area contributed by atoms with E-state index in [0.717, 1.165) is 6.54 Å². The van der Waals surface area contributed by atoms with Gasteiger partial charge in [-0.3, -0.25) is 4.79 Å². The number of aliphatic carboxylic acids is 1. The molecule has 0 aromatic heterocycles. The lowest BCUT2D eigenvalue weighted by atomic mass is 9.95. The fourth-order valence-electron chi connectivity index (χ4n) is 1.26. The molecule has 0 saturated carbocycles. The Hall–Kier alpha value is -0.830. The third kappa shape index (κ3) is 2.05. The van der Waals surface area contributed by atoms with Crippen molar-refractivity contribution in [3.8, 4) is 0 Å². The van der Waals surface area contributed by atoms with Crippen molar-refractivity contribution in [3.63, 3.8) is 0 Å². The Morgan fingerprint density at radius 3 is 3.09 bits per heavy atom. The van der Waals surface area contributed by atoms with Crippen molar-refractivity contribution in [1.29, 1.82) is 0 Å². The SMILES string of the molecule is CC=C1CNCC(C(=O)O)C1. The van der Waals surface area contributed by atoms with Crippen LogP contribution in [0, 0.1) is 5.92 Å². The second-order valence-corrected chi connectivity index (χ2v) is 2.82. The third-order valence-electron chi connectivity index (χ3n) is 2.01. The third-order valence-corrected chi connectivity index (χ3v) is 2.01. The molecule has 1 atom stereocenters. The zero-order chi connectivity index (χ0) is 8.27. The standard InChI is InChI=1S/C8H13NO2/c1-2-6-3-7(8(10)11)5-9-4-6/h2,7,9H,3-5H2,1H3,(H,10,11). The molecule has 11 heavy (non-hydrogen) atoms. The molecule has 1 unspecified atom stereocenters. The number of nitrogens with one attached hydrogen (secondary N) is 1. The van der Waals surface area contributed by atoms with Crippen LogP contribution in [0.5, 0.6) is 0 Å². The Bertz CT molecular complexity index is 187. The first-order valence-electron chi connectivity index (χ1n) is 3.81. The van der Waals surface area contributed by atoms with Crippen LogP contribution in [-0.2, 0) is 4.79 Å². The Morgan fingerprint density at radius 2 is 2.55 bits per heavy atom. The smallest absolute Gasteiger partial charge is 0.308 e. The van der Waals surface area contributed by atoms with E-state index in [2.05, 4.69) is 5.32 Å². The van der Waals surface area contributed by atoms with Gasteiger partial charge in [0.15, 0.2) is 0 Å². The molecule has 0 radical (unpaired) electrons. The van der Waals surface area contributed by atoms with Crippen LogP contribution >= 0.6 is 0 Å². The summed E-state index contributed by atoms with van der Waals surface area (Å²) < 4.78 is 0. The lowest BCUT2D eigenvalue weighted by molar-refractivity contribution is -0.141. The van der Waals surface area contributed by atoms with Crippen LogP contribution in [0.2, 0.25) is 0 Å². The Morgan fingerprint density at radius 1 is 1.82 bits per heavy atom. The van der Waals surface area contributed by atoms with Crippen molar-refractivity contribution >= 4 is 5.97 Å². The highest BCUT2D eigenvalue weighted by atomic mass is 16.4. The van der Waals surface area contributed by atoms with Gasteiger partial charge in [-0.1, -0.05) is 11.6 Å². The zero-order valence-electron chi connectivity index (χ0n) is 6.63. The van der Waals surface area contributed by atoms with Crippen molar-refractivity contribution in [2.24, 2.45) is 5.92 Å². The van der Waals surface area contributed by atoms with Gasteiger partial charge in [0, 0.05) is 13.1 Å². The average Bonchev–Trinajstić information content (AvgIpc) is 2.05. The molecule has 1 aliphatic rings. The summed E-state index contributed by atoms with van der Waals surface area (Å²) in [5.41, 5.74) is 1.20. The van der Waals surface area contributed by atoms with Crippen molar-refractivity contribution in [1.82, 2.24) is 5.32 Å². The van der Waals surface area contributed by atoms with E-state index >= 15 is 0 Å². The first kappa shape index (κ1) is 8.27. The predicted molar refractivity (Wildman–Crippen MR) is 42.4 cm³/mol. The molecule has 3 nitrogen and oxygen atoms in total. The van der Waals surface area contributed by atoms with E-state index in [9.17, 15) is 4.79 Å². The first-order chi connectivity index (χ1) is 5.24. The maximum Gasteiger partial charge on any atom is 0.308 e. The number of hydrogen-bond donors (Lipinski definition) is 2. The molecular formula is C8H13NO2. The van der Waals surface area contributed by atoms with Gasteiger partial charge in [0.2, 0.25) is 0 Å². The molecule has 0 amide bonds. The van der Waals surface area contributed by atoms with Crippen molar-refractivity contribution in [2.75, 3.05) is 13.1 Å². The lowest BCUT2D eigenvalue weighted by Crippen LogP contribution is -2.35. The van der Waals surface area contributed by atoms with Crippen LogP contribution in [-0.4, -0.2) is 24.2 Å². The number of carbonyl (C=O) groups is 1. The predicted octanol–water partition coefficient (Wildman–Crippen LogP) is 0.627. The second kappa shape index (κ2) is 3.53. The molecule has 0 aromatic rings. The summed E-state index contributed by atoms with van der Waals surface area (Å²) in [6.07, 6.45) is 2.70. The Labute approximate surface area is 66.1 Å². The summed E-state index contributed by atoms with van der Waals surface area (Å²) in [5, 5.41) is 11.8. The molecule has 1 aliphatic heterocycles. The normalized spacial score (nSPS) is 28.8. The summed E-state index contributed by atoms with van der Waals surface area (Å²) >= 11 is 0. The van der Waals surface area contributed by atoms with Crippen LogP contribution in [0.4, 0.5) is 0 Å². The van der Waals surface area contributed by atoms with Gasteiger partial charge in [0.1, 0.15) is 0 Å². The van der Waals surface area contributed by atoms with Crippen LogP contribution in [0.1, 0.15) is 13.3 Å². The van der Waals surface area contributed by atoms with E-state index in [1.807, 2.05) is 13.0 Å². The quantitative estimate of drug-likeness (QED) is 0.546. The molecule has 0 aromatic carbocycles. The van der Waals surface area contributed by atoms with Crippen LogP contribution in [0.15, 0.2) is 11.6 Å². The molecule has 2 N–H and O–H groups in total. The van der Waals surface area contributed by atoms with Crippen molar-refractivity contribution in [2.45, 2.75) is 13.3 Å². The number of carboxylic acids is 1. The minimum atomic E-state index is -0.698. The highest BCUT2D eigenvalue weighted by Gasteiger charge is 2.21. The summed E-state index contributed by atoms with van der Waals surface area (Å²) in [5.74, 6) is -0.925. The summed E-state index contributed by atoms with van der Waals surface area (Å²) in [7, 11) is 0. The lowest BCUT2D eigenvalue weighted by Gasteiger charge is -2.21. The number of rotatable bonds is 1. The average molecular weight is 155 g/mol. The van der Waals surface area contributed by atoms with Gasteiger partial charge >= 0.3 is 5.97 Å². The van der Waals surface area contributed by atoms with Gasteiger partial charge < -0.3 is 10.4 Å². The molecule has 0 bridgehead atoms. The second-order valence-electron chi connectivity index (χ2n) is 2.82. The maximum absolute atomic E-state index is 10.5. The van der Waals surface area contributed by atoms with Crippen LogP contribution in [0.3, 0.4) is 0 Å². The van der Waals surface area contributed by atoms with Crippen molar-refractivity contribution < 1.29 is 9.90 Å². The van der Waals surface area contributed by atoms with E-state index in [-0.39, 0.29) is 5.92 Å². The topological polar surface area (TPSA) is 49.3 Å². The first-order valence-corrected chi connectivity index (χ1v) is 3.81. The van der Waals surface area contributed by atoms with Gasteiger partial charge in [0.25, 0.3) is 0 Å². The summed E-state index contributed by atoms with van der Waals surface area (Å²) in [6.45, 7) is 3.40. The molecule has 1 fully saturated rings. The van der Waals surface area contributed by atoms with Gasteiger partial charge in [-0.2, -0.15) is 0 Å². The van der Waals surface area contributed by atoms with E-state index in [0.29, 0.717) is 13.0 Å². The fraction of sp³-hybridized carbons (Fsp3) is 0.625. The fourth-order valence-corrected chi connectivity index (χ4v) is 1.26. The molecule has 0 aliphatic carbocycles. The molecule has 1 rings (SSSR count). The summed E-state index contributed by atoms with van der Waals surface area (Å²) in [4.78, 5) is 10.5. The van der Waals surface area contributed by atoms with E-state index in [1.165, 1.54) is 5.57 Å². The highest BCUT2D eigenvalue weighted by molar-refractivity contribution is 5.71. The van der Waals surface area contributed by atoms with E-state index < -0.39 is 5.97 Å². The molecule has 1 heterocycles. The zero-order valence-corrected chi connectivity index (χ0v) is 6.63. The van der Waals surface area contributed by atoms with Gasteiger partial charge in [-0.15, -0.1) is 0 Å². The Kier molecular flexibility index (Phi) is 2.65. The minimum absolute atomic E-state index is 0.227. The number of allylic oxidation sites excluding steroid dienone is 1. The largest absolute Gasteiger partial charge is 0.481 e. The monoisotopic (exact) mass is 155 g/mol. The van der Waals surface area contributed by atoms with E-state index in [1.54, 1.807) is 0 Å². The van der Waals surface area contributed by atoms with Crippen molar-refractivity contribution in [3.05, 3.63) is 11.6 Å². The highest BCUT2D eigenvalue weighted by Crippen LogP contribution is 2.14.